The monoisotopic (exact) mass is 234 g/mol. The van der Waals surface area contributed by atoms with Gasteiger partial charge in [0, 0.05) is 5.75 Å². The normalized spacial score (nSPS) is 30.3. The number of benzene rings is 1. The summed E-state index contributed by atoms with van der Waals surface area (Å²) < 4.78 is 0. The van der Waals surface area contributed by atoms with E-state index in [9.17, 15) is 5.11 Å². The average Bonchev–Trinajstić information content (AvgIpc) is 2.65. The zero-order valence-corrected chi connectivity index (χ0v) is 10.3. The molecular weight excluding hydrogens is 216 g/mol. The number of thioether (sulfide) groups is 1. The summed E-state index contributed by atoms with van der Waals surface area (Å²) in [4.78, 5) is 0. The molecule has 1 aromatic rings. The maximum atomic E-state index is 10.5. The molecule has 1 heterocycles. The van der Waals surface area contributed by atoms with Crippen molar-refractivity contribution < 1.29 is 5.11 Å². The first-order valence-electron chi connectivity index (χ1n) is 6.18. The van der Waals surface area contributed by atoms with Gasteiger partial charge in [0.2, 0.25) is 0 Å². The fourth-order valence-corrected chi connectivity index (χ4v) is 3.88. The standard InChI is InChI=1S/C14H18OS/c15-14(7-8-16-10-14)13-6-2-5-12(9-13)11-3-1-4-11/h2,5-6,9,11,15H,1,3-4,7-8,10H2. The lowest BCUT2D eigenvalue weighted by molar-refractivity contribution is 0.0656. The van der Waals surface area contributed by atoms with Crippen molar-refractivity contribution in [2.75, 3.05) is 11.5 Å². The summed E-state index contributed by atoms with van der Waals surface area (Å²) in [6.45, 7) is 0. The lowest BCUT2D eigenvalue weighted by Crippen LogP contribution is -2.25. The number of rotatable bonds is 2. The first-order chi connectivity index (χ1) is 7.78. The van der Waals surface area contributed by atoms with Crippen molar-refractivity contribution in [3.8, 4) is 0 Å². The number of hydrogen-bond donors (Lipinski definition) is 1. The van der Waals surface area contributed by atoms with Crippen molar-refractivity contribution >= 4 is 11.8 Å². The summed E-state index contributed by atoms with van der Waals surface area (Å²) in [6, 6.07) is 8.67. The molecule has 0 amide bonds. The molecular formula is C14H18OS. The largest absolute Gasteiger partial charge is 0.384 e. The van der Waals surface area contributed by atoms with Crippen molar-refractivity contribution in [2.45, 2.75) is 37.2 Å². The first-order valence-corrected chi connectivity index (χ1v) is 7.34. The van der Waals surface area contributed by atoms with E-state index in [1.54, 1.807) is 0 Å². The summed E-state index contributed by atoms with van der Waals surface area (Å²) in [7, 11) is 0. The van der Waals surface area contributed by atoms with Crippen LogP contribution in [0, 0.1) is 0 Å². The minimum atomic E-state index is -0.551. The first kappa shape index (κ1) is 10.7. The molecule has 1 atom stereocenters. The van der Waals surface area contributed by atoms with Gasteiger partial charge in [-0.3, -0.25) is 0 Å². The highest BCUT2D eigenvalue weighted by Gasteiger charge is 2.34. The molecule has 1 aromatic carbocycles. The molecule has 1 saturated carbocycles. The summed E-state index contributed by atoms with van der Waals surface area (Å²) in [5.74, 6) is 2.71. The molecule has 86 valence electrons. The van der Waals surface area contributed by atoms with Crippen molar-refractivity contribution in [1.82, 2.24) is 0 Å². The molecule has 1 aliphatic carbocycles. The molecule has 1 unspecified atom stereocenters. The van der Waals surface area contributed by atoms with Crippen molar-refractivity contribution in [3.63, 3.8) is 0 Å². The molecule has 0 bridgehead atoms. The van der Waals surface area contributed by atoms with Crippen molar-refractivity contribution in [1.29, 1.82) is 0 Å². The zero-order valence-electron chi connectivity index (χ0n) is 9.48. The Bertz CT molecular complexity index is 378. The van der Waals surface area contributed by atoms with E-state index in [1.165, 1.54) is 24.8 Å². The third-order valence-electron chi connectivity index (χ3n) is 4.00. The van der Waals surface area contributed by atoms with E-state index in [2.05, 4.69) is 24.3 Å². The van der Waals surface area contributed by atoms with Gasteiger partial charge in [0.25, 0.3) is 0 Å². The molecule has 16 heavy (non-hydrogen) atoms. The van der Waals surface area contributed by atoms with E-state index in [1.807, 2.05) is 11.8 Å². The second kappa shape index (κ2) is 4.08. The van der Waals surface area contributed by atoms with Gasteiger partial charge in [0.1, 0.15) is 0 Å². The molecule has 1 saturated heterocycles. The third kappa shape index (κ3) is 1.78. The van der Waals surface area contributed by atoms with Gasteiger partial charge in [-0.15, -0.1) is 0 Å². The minimum Gasteiger partial charge on any atom is -0.384 e. The molecule has 0 radical (unpaired) electrons. The van der Waals surface area contributed by atoms with Gasteiger partial charge in [-0.2, -0.15) is 11.8 Å². The maximum absolute atomic E-state index is 10.5. The summed E-state index contributed by atoms with van der Waals surface area (Å²) in [5.41, 5.74) is 2.03. The fraction of sp³-hybridized carbons (Fsp3) is 0.571. The molecule has 1 aliphatic heterocycles. The van der Waals surface area contributed by atoms with Crippen LogP contribution in [0.5, 0.6) is 0 Å². The predicted molar refractivity (Wildman–Crippen MR) is 68.9 cm³/mol. The van der Waals surface area contributed by atoms with Crippen LogP contribution in [0.3, 0.4) is 0 Å². The van der Waals surface area contributed by atoms with Gasteiger partial charge in [-0.25, -0.2) is 0 Å². The second-order valence-corrected chi connectivity index (χ2v) is 6.19. The lowest BCUT2D eigenvalue weighted by Gasteiger charge is -2.28. The number of aliphatic hydroxyl groups is 1. The molecule has 3 rings (SSSR count). The minimum absolute atomic E-state index is 0.551. The van der Waals surface area contributed by atoms with Crippen LogP contribution in [0.25, 0.3) is 0 Å². The summed E-state index contributed by atoms with van der Waals surface area (Å²) in [6.07, 6.45) is 4.94. The Kier molecular flexibility index (Phi) is 2.72. The van der Waals surface area contributed by atoms with Crippen LogP contribution >= 0.6 is 11.8 Å². The van der Waals surface area contributed by atoms with Gasteiger partial charge in [0.05, 0.1) is 5.60 Å². The average molecular weight is 234 g/mol. The molecule has 2 aliphatic rings. The highest BCUT2D eigenvalue weighted by atomic mass is 32.2. The van der Waals surface area contributed by atoms with Crippen LogP contribution in [-0.4, -0.2) is 16.6 Å². The van der Waals surface area contributed by atoms with E-state index in [4.69, 9.17) is 0 Å². The Morgan fingerprint density at radius 1 is 1.31 bits per heavy atom. The molecule has 1 nitrogen and oxygen atoms in total. The maximum Gasteiger partial charge on any atom is 0.0994 e. The third-order valence-corrected chi connectivity index (χ3v) is 5.18. The Balaban J connectivity index is 1.89. The highest BCUT2D eigenvalue weighted by Crippen LogP contribution is 2.40. The van der Waals surface area contributed by atoms with E-state index >= 15 is 0 Å². The predicted octanol–water partition coefficient (Wildman–Crippen LogP) is 3.28. The van der Waals surface area contributed by atoms with Crippen LogP contribution in [-0.2, 0) is 5.60 Å². The second-order valence-electron chi connectivity index (χ2n) is 5.09. The van der Waals surface area contributed by atoms with E-state index < -0.39 is 5.60 Å². The quantitative estimate of drug-likeness (QED) is 0.847. The van der Waals surface area contributed by atoms with Crippen LogP contribution in [0.4, 0.5) is 0 Å². The molecule has 0 spiro atoms. The molecule has 0 aromatic heterocycles. The van der Waals surface area contributed by atoms with Crippen LogP contribution < -0.4 is 0 Å². The Hall–Kier alpha value is -0.470. The van der Waals surface area contributed by atoms with Crippen molar-refractivity contribution in [2.24, 2.45) is 0 Å². The van der Waals surface area contributed by atoms with Crippen LogP contribution in [0.15, 0.2) is 24.3 Å². The van der Waals surface area contributed by atoms with Gasteiger partial charge in [0.15, 0.2) is 0 Å². The van der Waals surface area contributed by atoms with Crippen molar-refractivity contribution in [3.05, 3.63) is 35.4 Å². The molecule has 2 heteroatoms. The molecule has 2 fully saturated rings. The summed E-state index contributed by atoms with van der Waals surface area (Å²) >= 11 is 1.86. The Labute approximate surface area is 101 Å². The van der Waals surface area contributed by atoms with Gasteiger partial charge in [-0.1, -0.05) is 30.7 Å². The SMILES string of the molecule is OC1(c2cccc(C3CCC3)c2)CCSC1. The van der Waals surface area contributed by atoms with E-state index in [0.717, 1.165) is 29.4 Å². The van der Waals surface area contributed by atoms with E-state index in [-0.39, 0.29) is 0 Å². The topological polar surface area (TPSA) is 20.2 Å². The lowest BCUT2D eigenvalue weighted by atomic mass is 9.78. The Morgan fingerprint density at radius 2 is 2.19 bits per heavy atom. The highest BCUT2D eigenvalue weighted by molar-refractivity contribution is 7.99. The fourth-order valence-electron chi connectivity index (χ4n) is 2.61. The zero-order chi connectivity index (χ0) is 11.0. The van der Waals surface area contributed by atoms with E-state index in [0.29, 0.717) is 0 Å². The molecule has 1 N–H and O–H groups in total. The van der Waals surface area contributed by atoms with Crippen LogP contribution in [0.2, 0.25) is 0 Å². The summed E-state index contributed by atoms with van der Waals surface area (Å²) in [5, 5.41) is 10.5. The smallest absolute Gasteiger partial charge is 0.0994 e. The van der Waals surface area contributed by atoms with Gasteiger partial charge in [-0.05, 0) is 42.1 Å². The van der Waals surface area contributed by atoms with Gasteiger partial charge >= 0.3 is 0 Å². The van der Waals surface area contributed by atoms with Gasteiger partial charge < -0.3 is 5.11 Å². The number of hydrogen-bond acceptors (Lipinski definition) is 2. The Morgan fingerprint density at radius 3 is 2.81 bits per heavy atom. The van der Waals surface area contributed by atoms with Crippen LogP contribution in [0.1, 0.15) is 42.7 Å².